The van der Waals surface area contributed by atoms with Gasteiger partial charge in [0, 0.05) is 12.0 Å². The molecule has 8 heteroatoms. The molecule has 1 saturated carbocycles. The molecule has 0 bridgehead atoms. The number of hydrogen-bond acceptors (Lipinski definition) is 7. The number of ether oxygens (including phenoxy) is 1. The molecule has 2 unspecified atom stereocenters. The Balaban J connectivity index is 1.88. The average molecular weight is 444 g/mol. The molecule has 1 amide bonds. The van der Waals surface area contributed by atoms with Gasteiger partial charge in [-0.25, -0.2) is 0 Å². The number of oxime groups is 1. The SMILES string of the molecule is CCS/C(C(=O)NCc1cc(C)no1)=C1/CC(c2ccc(OC)cc2)C/C(=N\O)C1C. The summed E-state index contributed by atoms with van der Waals surface area (Å²) in [5, 5.41) is 20.0. The van der Waals surface area contributed by atoms with Crippen LogP contribution >= 0.6 is 11.8 Å². The van der Waals surface area contributed by atoms with E-state index in [1.807, 2.05) is 45.0 Å². The molecule has 1 aromatic carbocycles. The zero-order valence-corrected chi connectivity index (χ0v) is 19.2. The van der Waals surface area contributed by atoms with Crippen molar-refractivity contribution in [1.82, 2.24) is 10.5 Å². The van der Waals surface area contributed by atoms with Crippen LogP contribution in [0.2, 0.25) is 0 Å². The van der Waals surface area contributed by atoms with Gasteiger partial charge in [-0.2, -0.15) is 0 Å². The molecule has 166 valence electrons. The highest BCUT2D eigenvalue weighted by atomic mass is 32.2. The van der Waals surface area contributed by atoms with Gasteiger partial charge in [0.25, 0.3) is 5.91 Å². The Morgan fingerprint density at radius 1 is 1.35 bits per heavy atom. The van der Waals surface area contributed by atoms with E-state index in [4.69, 9.17) is 9.26 Å². The third kappa shape index (κ3) is 5.50. The molecule has 0 aliphatic heterocycles. The van der Waals surface area contributed by atoms with Gasteiger partial charge in [0.15, 0.2) is 5.76 Å². The van der Waals surface area contributed by atoms with E-state index in [-0.39, 0.29) is 24.3 Å². The van der Waals surface area contributed by atoms with E-state index in [9.17, 15) is 10.0 Å². The zero-order valence-electron chi connectivity index (χ0n) is 18.3. The lowest BCUT2D eigenvalue weighted by Gasteiger charge is -2.32. The van der Waals surface area contributed by atoms with Gasteiger partial charge in [0.05, 0.1) is 30.0 Å². The standard InChI is InChI=1S/C23H29N3O4S/c1-5-31-22(23(27)24-13-19-10-14(2)26-30-19)20-11-17(12-21(25-28)15(20)3)16-6-8-18(29-4)9-7-16/h6-10,15,17,28H,5,11-13H2,1-4H3,(H,24,27)/b22-20-,25-21+. The maximum atomic E-state index is 13.1. The minimum atomic E-state index is -0.143. The van der Waals surface area contributed by atoms with Crippen molar-refractivity contribution in [2.45, 2.75) is 46.1 Å². The minimum Gasteiger partial charge on any atom is -0.497 e. The fourth-order valence-corrected chi connectivity index (χ4v) is 4.81. The lowest BCUT2D eigenvalue weighted by Crippen LogP contribution is -2.30. The molecule has 7 nitrogen and oxygen atoms in total. The highest BCUT2D eigenvalue weighted by Gasteiger charge is 2.33. The number of thioether (sulfide) groups is 1. The maximum absolute atomic E-state index is 13.1. The van der Waals surface area contributed by atoms with E-state index >= 15 is 0 Å². The van der Waals surface area contributed by atoms with Crippen LogP contribution in [0.3, 0.4) is 0 Å². The monoisotopic (exact) mass is 443 g/mol. The van der Waals surface area contributed by atoms with Gasteiger partial charge in [-0.15, -0.1) is 11.8 Å². The fraction of sp³-hybridized carbons (Fsp3) is 0.435. The average Bonchev–Trinajstić information content (AvgIpc) is 3.21. The topological polar surface area (TPSA) is 97.0 Å². The number of nitrogens with one attached hydrogen (secondary N) is 1. The lowest BCUT2D eigenvalue weighted by molar-refractivity contribution is -0.117. The van der Waals surface area contributed by atoms with Gasteiger partial charge in [-0.1, -0.05) is 36.3 Å². The predicted molar refractivity (Wildman–Crippen MR) is 122 cm³/mol. The van der Waals surface area contributed by atoms with Gasteiger partial charge in [0.2, 0.25) is 0 Å². The zero-order chi connectivity index (χ0) is 22.4. The van der Waals surface area contributed by atoms with Crippen molar-refractivity contribution < 1.29 is 19.3 Å². The Labute approximate surface area is 186 Å². The van der Waals surface area contributed by atoms with Crippen molar-refractivity contribution in [3.8, 4) is 5.75 Å². The first-order valence-corrected chi connectivity index (χ1v) is 11.4. The summed E-state index contributed by atoms with van der Waals surface area (Å²) >= 11 is 1.52. The van der Waals surface area contributed by atoms with Crippen LogP contribution in [0.1, 0.15) is 49.6 Å². The van der Waals surface area contributed by atoms with Crippen LogP contribution in [0.25, 0.3) is 0 Å². The van der Waals surface area contributed by atoms with Gasteiger partial charge < -0.3 is 19.8 Å². The van der Waals surface area contributed by atoms with Gasteiger partial charge in [-0.05, 0) is 54.7 Å². The van der Waals surface area contributed by atoms with E-state index < -0.39 is 0 Å². The number of benzene rings is 1. The van der Waals surface area contributed by atoms with Gasteiger partial charge in [-0.3, -0.25) is 4.79 Å². The van der Waals surface area contributed by atoms with Crippen LogP contribution in [0.4, 0.5) is 0 Å². The number of aromatic nitrogens is 1. The molecule has 1 aromatic heterocycles. The first-order chi connectivity index (χ1) is 15.0. The largest absolute Gasteiger partial charge is 0.497 e. The summed E-state index contributed by atoms with van der Waals surface area (Å²) < 4.78 is 10.5. The second kappa shape index (κ2) is 10.5. The molecule has 31 heavy (non-hydrogen) atoms. The smallest absolute Gasteiger partial charge is 0.258 e. The number of rotatable bonds is 7. The number of aryl methyl sites for hydroxylation is 1. The molecule has 1 heterocycles. The Bertz CT molecular complexity index is 965. The third-order valence-electron chi connectivity index (χ3n) is 5.55. The molecule has 2 N–H and O–H groups in total. The van der Waals surface area contributed by atoms with Crippen LogP contribution in [0.15, 0.2) is 50.5 Å². The molecular formula is C23H29N3O4S. The number of hydrogen-bond donors (Lipinski definition) is 2. The number of allylic oxidation sites excluding steroid dienone is 1. The molecule has 1 aliphatic rings. The molecule has 0 spiro atoms. The number of carbonyl (C=O) groups is 1. The number of amides is 1. The molecular weight excluding hydrogens is 414 g/mol. The van der Waals surface area contributed by atoms with E-state index in [0.29, 0.717) is 22.8 Å². The van der Waals surface area contributed by atoms with E-state index in [1.54, 1.807) is 13.2 Å². The Hall–Kier alpha value is -2.74. The van der Waals surface area contributed by atoms with E-state index in [1.165, 1.54) is 11.8 Å². The molecule has 2 atom stereocenters. The Morgan fingerprint density at radius 2 is 2.10 bits per heavy atom. The molecule has 0 radical (unpaired) electrons. The second-order valence-electron chi connectivity index (χ2n) is 7.60. The van der Waals surface area contributed by atoms with Gasteiger partial charge in [0.1, 0.15) is 5.75 Å². The minimum absolute atomic E-state index is 0.105. The summed E-state index contributed by atoms with van der Waals surface area (Å²) in [5.74, 6) is 2.05. The highest BCUT2D eigenvalue weighted by Crippen LogP contribution is 2.41. The van der Waals surface area contributed by atoms with Gasteiger partial charge >= 0.3 is 0 Å². The van der Waals surface area contributed by atoms with Crippen LogP contribution in [-0.4, -0.2) is 34.8 Å². The number of carbonyl (C=O) groups excluding carboxylic acids is 1. The summed E-state index contributed by atoms with van der Waals surface area (Å²) in [6, 6.07) is 9.73. The molecule has 0 saturated heterocycles. The first kappa shape index (κ1) is 22.9. The quantitative estimate of drug-likeness (QED) is 0.367. The van der Waals surface area contributed by atoms with Crippen LogP contribution < -0.4 is 10.1 Å². The third-order valence-corrected chi connectivity index (χ3v) is 6.57. The summed E-state index contributed by atoms with van der Waals surface area (Å²) in [6.45, 7) is 6.14. The molecule has 2 aromatic rings. The van der Waals surface area contributed by atoms with Crippen LogP contribution in [0.5, 0.6) is 5.75 Å². The van der Waals surface area contributed by atoms with Crippen molar-refractivity contribution in [3.05, 3.63) is 57.8 Å². The van der Waals surface area contributed by atoms with Crippen molar-refractivity contribution in [2.75, 3.05) is 12.9 Å². The number of nitrogens with zero attached hydrogens (tertiary/aromatic N) is 2. The lowest BCUT2D eigenvalue weighted by atomic mass is 9.74. The van der Waals surface area contributed by atoms with E-state index in [2.05, 4.69) is 15.6 Å². The van der Waals surface area contributed by atoms with Crippen LogP contribution in [-0.2, 0) is 11.3 Å². The molecule has 1 aliphatic carbocycles. The second-order valence-corrected chi connectivity index (χ2v) is 8.87. The van der Waals surface area contributed by atoms with Crippen molar-refractivity contribution in [3.63, 3.8) is 0 Å². The highest BCUT2D eigenvalue weighted by molar-refractivity contribution is 8.04. The summed E-state index contributed by atoms with van der Waals surface area (Å²) in [6.07, 6.45) is 1.38. The Kier molecular flexibility index (Phi) is 7.79. The summed E-state index contributed by atoms with van der Waals surface area (Å²) in [4.78, 5) is 13.8. The molecule has 1 fully saturated rings. The summed E-state index contributed by atoms with van der Waals surface area (Å²) in [7, 11) is 1.64. The van der Waals surface area contributed by atoms with Crippen molar-refractivity contribution >= 4 is 23.4 Å². The van der Waals surface area contributed by atoms with Crippen molar-refractivity contribution in [1.29, 1.82) is 0 Å². The first-order valence-electron chi connectivity index (χ1n) is 10.4. The van der Waals surface area contributed by atoms with Crippen LogP contribution in [0, 0.1) is 12.8 Å². The molecule has 3 rings (SSSR count). The van der Waals surface area contributed by atoms with E-state index in [0.717, 1.165) is 34.8 Å². The summed E-state index contributed by atoms with van der Waals surface area (Å²) in [5.41, 5.74) is 3.59. The van der Waals surface area contributed by atoms with Crippen molar-refractivity contribution in [2.24, 2.45) is 11.1 Å². The number of methoxy groups -OCH3 is 1. The Morgan fingerprint density at radius 3 is 2.68 bits per heavy atom. The predicted octanol–water partition coefficient (Wildman–Crippen LogP) is 4.66. The normalized spacial score (nSPS) is 21.7. The maximum Gasteiger partial charge on any atom is 0.258 e. The fourth-order valence-electron chi connectivity index (χ4n) is 3.87.